The Kier molecular flexibility index (Phi) is 6.70. The van der Waals surface area contributed by atoms with Crippen LogP contribution in [0, 0.1) is 19.7 Å². The summed E-state index contributed by atoms with van der Waals surface area (Å²) in [6.45, 7) is 6.10. The summed E-state index contributed by atoms with van der Waals surface area (Å²) in [6, 6.07) is 3.16. The zero-order valence-electron chi connectivity index (χ0n) is 11.7. The first-order valence-electron chi connectivity index (χ1n) is 6.97. The molecular formula is C16H24ClF. The third-order valence-electron chi connectivity index (χ3n) is 3.43. The molecule has 0 amide bonds. The summed E-state index contributed by atoms with van der Waals surface area (Å²) in [7, 11) is 0. The number of rotatable bonds is 7. The third-order valence-corrected chi connectivity index (χ3v) is 3.87. The Morgan fingerprint density at radius 3 is 2.17 bits per heavy atom. The maximum Gasteiger partial charge on any atom is 0.123 e. The van der Waals surface area contributed by atoms with E-state index in [0.29, 0.717) is 0 Å². The molecule has 0 bridgehead atoms. The van der Waals surface area contributed by atoms with Crippen molar-refractivity contribution in [1.82, 2.24) is 0 Å². The van der Waals surface area contributed by atoms with Gasteiger partial charge < -0.3 is 0 Å². The molecule has 2 heteroatoms. The number of hydrogen-bond acceptors (Lipinski definition) is 0. The van der Waals surface area contributed by atoms with E-state index in [4.69, 9.17) is 11.6 Å². The van der Waals surface area contributed by atoms with Crippen LogP contribution in [-0.2, 0) is 0 Å². The average Bonchev–Trinajstić information content (AvgIpc) is 2.27. The summed E-state index contributed by atoms with van der Waals surface area (Å²) < 4.78 is 13.2. The summed E-state index contributed by atoms with van der Waals surface area (Å²) >= 11 is 6.46. The van der Waals surface area contributed by atoms with Crippen LogP contribution >= 0.6 is 11.6 Å². The monoisotopic (exact) mass is 270 g/mol. The fourth-order valence-electron chi connectivity index (χ4n) is 2.49. The van der Waals surface area contributed by atoms with Gasteiger partial charge in [-0.15, -0.1) is 11.6 Å². The highest BCUT2D eigenvalue weighted by atomic mass is 35.5. The molecule has 1 rings (SSSR count). The highest BCUT2D eigenvalue weighted by molar-refractivity contribution is 6.21. The van der Waals surface area contributed by atoms with E-state index in [1.807, 2.05) is 13.8 Å². The summed E-state index contributed by atoms with van der Waals surface area (Å²) in [5.74, 6) is -0.166. The Balaban J connectivity index is 2.53. The van der Waals surface area contributed by atoms with Gasteiger partial charge in [-0.3, -0.25) is 0 Å². The summed E-state index contributed by atoms with van der Waals surface area (Å²) in [5.41, 5.74) is 3.07. The lowest BCUT2D eigenvalue weighted by molar-refractivity contribution is 0.597. The van der Waals surface area contributed by atoms with Gasteiger partial charge in [0.15, 0.2) is 0 Å². The van der Waals surface area contributed by atoms with Gasteiger partial charge in [0.05, 0.1) is 5.38 Å². The molecule has 0 fully saturated rings. The van der Waals surface area contributed by atoms with Gasteiger partial charge in [-0.1, -0.05) is 39.0 Å². The molecule has 0 heterocycles. The number of alkyl halides is 1. The lowest BCUT2D eigenvalue weighted by atomic mass is 9.96. The van der Waals surface area contributed by atoms with E-state index in [1.54, 1.807) is 12.1 Å². The van der Waals surface area contributed by atoms with Gasteiger partial charge in [0.1, 0.15) is 5.82 Å². The van der Waals surface area contributed by atoms with Gasteiger partial charge >= 0.3 is 0 Å². The van der Waals surface area contributed by atoms with Crippen LogP contribution in [0.2, 0.25) is 0 Å². The molecule has 0 aliphatic rings. The van der Waals surface area contributed by atoms with Crippen LogP contribution in [-0.4, -0.2) is 0 Å². The minimum Gasteiger partial charge on any atom is -0.207 e. The van der Waals surface area contributed by atoms with Crippen LogP contribution in [0.25, 0.3) is 0 Å². The summed E-state index contributed by atoms with van der Waals surface area (Å²) in [5, 5.41) is 0.0206. The molecule has 1 atom stereocenters. The lowest BCUT2D eigenvalue weighted by Gasteiger charge is -2.16. The molecule has 0 aliphatic carbocycles. The third kappa shape index (κ3) is 4.61. The van der Waals surface area contributed by atoms with Crippen LogP contribution in [0.1, 0.15) is 67.5 Å². The smallest absolute Gasteiger partial charge is 0.123 e. The van der Waals surface area contributed by atoms with Crippen LogP contribution < -0.4 is 0 Å². The van der Waals surface area contributed by atoms with Gasteiger partial charge in [0.25, 0.3) is 0 Å². The minimum atomic E-state index is -0.166. The van der Waals surface area contributed by atoms with E-state index in [2.05, 4.69) is 6.92 Å². The SMILES string of the molecule is CCCCCCCC(Cl)c1c(C)cc(F)cc1C. The predicted molar refractivity (Wildman–Crippen MR) is 77.8 cm³/mol. The zero-order chi connectivity index (χ0) is 13.5. The van der Waals surface area contributed by atoms with E-state index in [-0.39, 0.29) is 11.2 Å². The van der Waals surface area contributed by atoms with Gasteiger partial charge in [0.2, 0.25) is 0 Å². The molecule has 0 saturated carbocycles. The Bertz CT molecular complexity index is 350. The van der Waals surface area contributed by atoms with E-state index < -0.39 is 0 Å². The maximum absolute atomic E-state index is 13.2. The maximum atomic E-state index is 13.2. The Morgan fingerprint density at radius 2 is 1.61 bits per heavy atom. The first-order valence-corrected chi connectivity index (χ1v) is 7.40. The van der Waals surface area contributed by atoms with E-state index >= 15 is 0 Å². The van der Waals surface area contributed by atoms with Crippen molar-refractivity contribution < 1.29 is 4.39 Å². The quantitative estimate of drug-likeness (QED) is 0.416. The number of aryl methyl sites for hydroxylation is 2. The molecular weight excluding hydrogens is 247 g/mol. The van der Waals surface area contributed by atoms with Crippen LogP contribution in [0.15, 0.2) is 12.1 Å². The first-order chi connectivity index (χ1) is 8.56. The fourth-order valence-corrected chi connectivity index (χ4v) is 2.99. The van der Waals surface area contributed by atoms with E-state index in [0.717, 1.165) is 29.5 Å². The standard InChI is InChI=1S/C16H24ClF/c1-4-5-6-7-8-9-15(17)16-12(2)10-14(18)11-13(16)3/h10-11,15H,4-9H2,1-3H3. The van der Waals surface area contributed by atoms with Gasteiger partial charge in [-0.05, 0) is 49.1 Å². The molecule has 0 radical (unpaired) electrons. The normalized spacial score (nSPS) is 12.7. The van der Waals surface area contributed by atoms with Crippen molar-refractivity contribution in [2.45, 2.75) is 64.7 Å². The Hall–Kier alpha value is -0.560. The number of benzene rings is 1. The number of halogens is 2. The van der Waals surface area contributed by atoms with Crippen LogP contribution in [0.3, 0.4) is 0 Å². The van der Waals surface area contributed by atoms with E-state index in [1.165, 1.54) is 25.7 Å². The van der Waals surface area contributed by atoms with Crippen LogP contribution in [0.4, 0.5) is 4.39 Å². The minimum absolute atomic E-state index is 0.0206. The topological polar surface area (TPSA) is 0 Å². The average molecular weight is 271 g/mol. The Labute approximate surface area is 116 Å². The van der Waals surface area contributed by atoms with E-state index in [9.17, 15) is 4.39 Å². The number of unbranched alkanes of at least 4 members (excludes halogenated alkanes) is 4. The Morgan fingerprint density at radius 1 is 1.06 bits per heavy atom. The van der Waals surface area contributed by atoms with Crippen molar-refractivity contribution in [2.24, 2.45) is 0 Å². The predicted octanol–water partition coefficient (Wildman–Crippen LogP) is 6.08. The summed E-state index contributed by atoms with van der Waals surface area (Å²) in [4.78, 5) is 0. The first kappa shape index (κ1) is 15.5. The second-order valence-corrected chi connectivity index (χ2v) is 5.65. The largest absolute Gasteiger partial charge is 0.207 e. The molecule has 0 saturated heterocycles. The molecule has 1 unspecified atom stereocenters. The fraction of sp³-hybridized carbons (Fsp3) is 0.625. The molecule has 0 spiro atoms. The molecule has 18 heavy (non-hydrogen) atoms. The van der Waals surface area contributed by atoms with Gasteiger partial charge in [-0.2, -0.15) is 0 Å². The number of hydrogen-bond donors (Lipinski definition) is 0. The molecule has 0 N–H and O–H groups in total. The highest BCUT2D eigenvalue weighted by Crippen LogP contribution is 2.32. The molecule has 0 nitrogen and oxygen atoms in total. The van der Waals surface area contributed by atoms with Crippen molar-refractivity contribution in [3.63, 3.8) is 0 Å². The molecule has 1 aromatic rings. The summed E-state index contributed by atoms with van der Waals surface area (Å²) in [6.07, 6.45) is 7.25. The second-order valence-electron chi connectivity index (χ2n) is 5.12. The lowest BCUT2D eigenvalue weighted by Crippen LogP contribution is -1.99. The van der Waals surface area contributed by atoms with Crippen molar-refractivity contribution in [2.75, 3.05) is 0 Å². The van der Waals surface area contributed by atoms with Crippen molar-refractivity contribution in [1.29, 1.82) is 0 Å². The second kappa shape index (κ2) is 7.78. The van der Waals surface area contributed by atoms with Crippen molar-refractivity contribution in [3.8, 4) is 0 Å². The van der Waals surface area contributed by atoms with Gasteiger partial charge in [-0.25, -0.2) is 4.39 Å². The molecule has 0 aromatic heterocycles. The zero-order valence-corrected chi connectivity index (χ0v) is 12.5. The molecule has 0 aliphatic heterocycles. The molecule has 102 valence electrons. The van der Waals surface area contributed by atoms with Gasteiger partial charge in [0, 0.05) is 0 Å². The highest BCUT2D eigenvalue weighted by Gasteiger charge is 2.14. The van der Waals surface area contributed by atoms with Crippen molar-refractivity contribution in [3.05, 3.63) is 34.6 Å². The van der Waals surface area contributed by atoms with Crippen molar-refractivity contribution >= 4 is 11.6 Å². The van der Waals surface area contributed by atoms with Crippen LogP contribution in [0.5, 0.6) is 0 Å². The molecule has 1 aromatic carbocycles.